The van der Waals surface area contributed by atoms with E-state index in [-0.39, 0.29) is 0 Å². The normalized spacial score (nSPS) is 11.6. The van der Waals surface area contributed by atoms with Gasteiger partial charge in [0.15, 0.2) is 0 Å². The second-order valence-corrected chi connectivity index (χ2v) is 4.90. The molecule has 1 heteroatoms. The Labute approximate surface area is 118 Å². The van der Waals surface area contributed by atoms with Gasteiger partial charge in [-0.25, -0.2) is 0 Å². The van der Waals surface area contributed by atoms with Crippen LogP contribution in [0.3, 0.4) is 0 Å². The van der Waals surface area contributed by atoms with Gasteiger partial charge in [0.1, 0.15) is 0 Å². The zero-order valence-electron chi connectivity index (χ0n) is 12.2. The lowest BCUT2D eigenvalue weighted by molar-refractivity contribution is 0.290. The lowest BCUT2D eigenvalue weighted by Gasteiger charge is -2.23. The minimum absolute atomic E-state index is 0.935. The third-order valence-corrected chi connectivity index (χ3v) is 3.05. The largest absolute Gasteiger partial charge is 0.295 e. The summed E-state index contributed by atoms with van der Waals surface area (Å²) in [7, 11) is 0. The molecule has 0 bridgehead atoms. The molecule has 0 saturated heterocycles. The van der Waals surface area contributed by atoms with Crippen molar-refractivity contribution in [3.8, 4) is 0 Å². The van der Waals surface area contributed by atoms with Crippen LogP contribution in [-0.2, 0) is 6.54 Å². The highest BCUT2D eigenvalue weighted by molar-refractivity contribution is 5.31. The molecule has 0 amide bonds. The first-order valence-corrected chi connectivity index (χ1v) is 6.91. The summed E-state index contributed by atoms with van der Waals surface area (Å²) in [6.45, 7) is 15.1. The summed E-state index contributed by atoms with van der Waals surface area (Å²) in [5.41, 5.74) is 3.74. The van der Waals surface area contributed by atoms with Gasteiger partial charge < -0.3 is 0 Å². The fraction of sp³-hybridized carbons (Fsp3) is 0.333. The number of allylic oxidation sites excluding steroid dienone is 2. The molecule has 0 radical (unpaired) electrons. The third kappa shape index (κ3) is 5.71. The van der Waals surface area contributed by atoms with Crippen molar-refractivity contribution >= 4 is 0 Å². The minimum Gasteiger partial charge on any atom is -0.295 e. The summed E-state index contributed by atoms with van der Waals surface area (Å²) >= 11 is 0. The molecule has 0 unspecified atom stereocenters. The highest BCUT2D eigenvalue weighted by Crippen LogP contribution is 2.13. The van der Waals surface area contributed by atoms with Crippen molar-refractivity contribution < 1.29 is 0 Å². The van der Waals surface area contributed by atoms with E-state index in [0.29, 0.717) is 0 Å². The van der Waals surface area contributed by atoms with Crippen LogP contribution in [-0.4, -0.2) is 18.0 Å². The smallest absolute Gasteiger partial charge is 0.0239 e. The summed E-state index contributed by atoms with van der Waals surface area (Å²) in [5, 5.41) is 0. The first-order chi connectivity index (χ1) is 9.17. The second-order valence-electron chi connectivity index (χ2n) is 4.90. The minimum atomic E-state index is 0.935. The van der Waals surface area contributed by atoms with E-state index in [4.69, 9.17) is 0 Å². The summed E-state index contributed by atoms with van der Waals surface area (Å²) in [4.78, 5) is 2.46. The van der Waals surface area contributed by atoms with Crippen molar-refractivity contribution in [1.82, 2.24) is 4.90 Å². The van der Waals surface area contributed by atoms with Crippen molar-refractivity contribution in [2.75, 3.05) is 13.1 Å². The fourth-order valence-electron chi connectivity index (χ4n) is 2.08. The molecule has 1 aromatic rings. The van der Waals surface area contributed by atoms with Crippen LogP contribution in [0.15, 0.2) is 66.8 Å². The van der Waals surface area contributed by atoms with Gasteiger partial charge in [0, 0.05) is 13.1 Å². The lowest BCUT2D eigenvalue weighted by atomic mass is 10.1. The van der Waals surface area contributed by atoms with E-state index in [9.17, 15) is 0 Å². The molecule has 1 rings (SSSR count). The van der Waals surface area contributed by atoms with Crippen molar-refractivity contribution in [1.29, 1.82) is 0 Å². The van der Waals surface area contributed by atoms with Crippen LogP contribution < -0.4 is 0 Å². The maximum atomic E-state index is 4.05. The molecular weight excluding hydrogens is 230 g/mol. The number of hydrogen-bond donors (Lipinski definition) is 0. The van der Waals surface area contributed by atoms with E-state index in [1.165, 1.54) is 11.1 Å². The van der Waals surface area contributed by atoms with E-state index < -0.39 is 0 Å². The molecule has 0 fully saturated rings. The fourth-order valence-corrected chi connectivity index (χ4v) is 2.08. The van der Waals surface area contributed by atoms with Gasteiger partial charge in [0.05, 0.1) is 0 Å². The molecule has 102 valence electrons. The SMILES string of the molecule is C=C/C=C(/CN(CCC)Cc1ccccc1)C(=C)C. The number of benzene rings is 1. The molecule has 0 aliphatic heterocycles. The Hall–Kier alpha value is -1.60. The van der Waals surface area contributed by atoms with Crippen molar-refractivity contribution in [2.45, 2.75) is 26.8 Å². The highest BCUT2D eigenvalue weighted by atomic mass is 15.1. The molecule has 0 aliphatic rings. The zero-order valence-corrected chi connectivity index (χ0v) is 12.2. The molecule has 0 N–H and O–H groups in total. The van der Waals surface area contributed by atoms with Gasteiger partial charge in [0.2, 0.25) is 0 Å². The number of hydrogen-bond acceptors (Lipinski definition) is 1. The zero-order chi connectivity index (χ0) is 14.1. The van der Waals surface area contributed by atoms with Crippen LogP contribution in [0.5, 0.6) is 0 Å². The van der Waals surface area contributed by atoms with Crippen LogP contribution in [0.25, 0.3) is 0 Å². The summed E-state index contributed by atoms with van der Waals surface area (Å²) in [6.07, 6.45) is 5.07. The van der Waals surface area contributed by atoms with Gasteiger partial charge in [-0.15, -0.1) is 0 Å². The molecule has 0 aliphatic carbocycles. The average Bonchev–Trinajstić information content (AvgIpc) is 2.39. The molecule has 0 heterocycles. The lowest BCUT2D eigenvalue weighted by Crippen LogP contribution is -2.26. The second kappa shape index (κ2) is 8.49. The van der Waals surface area contributed by atoms with Crippen molar-refractivity contribution in [2.24, 2.45) is 0 Å². The first-order valence-electron chi connectivity index (χ1n) is 6.91. The summed E-state index contributed by atoms with van der Waals surface area (Å²) in [5.74, 6) is 0. The van der Waals surface area contributed by atoms with E-state index in [1.807, 2.05) is 6.08 Å². The molecular formula is C18H25N. The molecule has 0 atom stereocenters. The Morgan fingerprint density at radius 2 is 1.95 bits per heavy atom. The summed E-state index contributed by atoms with van der Waals surface area (Å²) in [6, 6.07) is 10.6. The topological polar surface area (TPSA) is 3.24 Å². The Morgan fingerprint density at radius 3 is 2.47 bits per heavy atom. The van der Waals surface area contributed by atoms with E-state index in [2.05, 4.69) is 68.3 Å². The van der Waals surface area contributed by atoms with Crippen molar-refractivity contribution in [3.05, 3.63) is 72.4 Å². The van der Waals surface area contributed by atoms with Crippen molar-refractivity contribution in [3.63, 3.8) is 0 Å². The maximum Gasteiger partial charge on any atom is 0.0239 e. The van der Waals surface area contributed by atoms with Crippen LogP contribution in [0.4, 0.5) is 0 Å². The van der Waals surface area contributed by atoms with Crippen LogP contribution in [0.1, 0.15) is 25.8 Å². The van der Waals surface area contributed by atoms with Gasteiger partial charge >= 0.3 is 0 Å². The third-order valence-electron chi connectivity index (χ3n) is 3.05. The Kier molecular flexibility index (Phi) is 6.91. The molecule has 0 spiro atoms. The monoisotopic (exact) mass is 255 g/mol. The predicted molar refractivity (Wildman–Crippen MR) is 85.1 cm³/mol. The number of nitrogens with zero attached hydrogens (tertiary/aromatic N) is 1. The maximum absolute atomic E-state index is 4.05. The highest BCUT2D eigenvalue weighted by Gasteiger charge is 2.08. The van der Waals surface area contributed by atoms with Gasteiger partial charge in [-0.3, -0.25) is 4.90 Å². The van der Waals surface area contributed by atoms with Crippen LogP contribution >= 0.6 is 0 Å². The van der Waals surface area contributed by atoms with Crippen LogP contribution in [0.2, 0.25) is 0 Å². The summed E-state index contributed by atoms with van der Waals surface area (Å²) < 4.78 is 0. The molecule has 1 nitrogen and oxygen atoms in total. The Morgan fingerprint density at radius 1 is 1.26 bits per heavy atom. The molecule has 19 heavy (non-hydrogen) atoms. The van der Waals surface area contributed by atoms with Gasteiger partial charge in [-0.2, -0.15) is 0 Å². The van der Waals surface area contributed by atoms with Gasteiger partial charge in [-0.1, -0.05) is 68.1 Å². The van der Waals surface area contributed by atoms with Gasteiger partial charge in [-0.05, 0) is 31.0 Å². The van der Waals surface area contributed by atoms with E-state index >= 15 is 0 Å². The van der Waals surface area contributed by atoms with E-state index in [1.54, 1.807) is 0 Å². The Balaban J connectivity index is 2.74. The average molecular weight is 255 g/mol. The molecule has 1 aromatic carbocycles. The van der Waals surface area contributed by atoms with Gasteiger partial charge in [0.25, 0.3) is 0 Å². The quantitative estimate of drug-likeness (QED) is 0.614. The molecule has 0 saturated carbocycles. The van der Waals surface area contributed by atoms with Crippen LogP contribution in [0, 0.1) is 0 Å². The Bertz CT molecular complexity index is 428. The molecule has 0 aromatic heterocycles. The standard InChI is InChI=1S/C18H25N/c1-5-10-18(16(3)4)15-19(13-6-2)14-17-11-8-7-9-12-17/h5,7-12H,1,3,6,13-15H2,2,4H3/b18-10-. The predicted octanol–water partition coefficient (Wildman–Crippen LogP) is 4.59. The first kappa shape index (κ1) is 15.5. The number of rotatable bonds is 8. The van der Waals surface area contributed by atoms with E-state index in [0.717, 1.165) is 31.6 Å².